The van der Waals surface area contributed by atoms with Crippen LogP contribution in [0.25, 0.3) is 5.69 Å². The topological polar surface area (TPSA) is 65.3 Å². The number of tetrazole rings is 1. The Hall–Kier alpha value is -1.84. The Morgan fingerprint density at radius 3 is 2.75 bits per heavy atom. The highest BCUT2D eigenvalue weighted by molar-refractivity contribution is 5.85. The summed E-state index contributed by atoms with van der Waals surface area (Å²) in [7, 11) is 0. The second-order valence-corrected chi connectivity index (χ2v) is 5.27. The van der Waals surface area contributed by atoms with Gasteiger partial charge in [0.2, 0.25) is 0 Å². The van der Waals surface area contributed by atoms with E-state index in [1.165, 1.54) is 12.1 Å². The molecule has 0 spiro atoms. The molecule has 0 bridgehead atoms. The summed E-state index contributed by atoms with van der Waals surface area (Å²) in [6, 6.07) is 6.49. The first-order chi connectivity index (χ1) is 11.1. The first-order valence-electron chi connectivity index (χ1n) is 7.28. The monoisotopic (exact) mass is 361 g/mol. The van der Waals surface area contributed by atoms with E-state index in [1.54, 1.807) is 16.8 Å². The van der Waals surface area contributed by atoms with E-state index in [4.69, 9.17) is 4.74 Å². The van der Waals surface area contributed by atoms with Crippen LogP contribution in [0.4, 0.5) is 8.78 Å². The van der Waals surface area contributed by atoms with Crippen molar-refractivity contribution in [2.75, 3.05) is 19.8 Å². The van der Waals surface area contributed by atoms with Gasteiger partial charge in [0.1, 0.15) is 5.75 Å². The van der Waals surface area contributed by atoms with Gasteiger partial charge in [-0.2, -0.15) is 13.5 Å². The van der Waals surface area contributed by atoms with Crippen LogP contribution >= 0.6 is 12.4 Å². The molecular formula is C14H18ClF2N5O2. The molecule has 24 heavy (non-hydrogen) atoms. The van der Waals surface area contributed by atoms with Crippen LogP contribution in [-0.4, -0.2) is 57.5 Å². The maximum Gasteiger partial charge on any atom is 0.387 e. The highest BCUT2D eigenvalue weighted by Crippen LogP contribution is 2.18. The number of halogens is 3. The Balaban J connectivity index is 0.00000208. The van der Waals surface area contributed by atoms with Gasteiger partial charge < -0.3 is 9.47 Å². The summed E-state index contributed by atoms with van der Waals surface area (Å²) in [5.74, 6) is 0.779. The second kappa shape index (κ2) is 8.32. The van der Waals surface area contributed by atoms with Crippen molar-refractivity contribution < 1.29 is 18.3 Å². The van der Waals surface area contributed by atoms with Gasteiger partial charge in [0.15, 0.2) is 5.82 Å². The molecular weight excluding hydrogens is 344 g/mol. The molecule has 0 unspecified atom stereocenters. The molecule has 0 amide bonds. The first kappa shape index (κ1) is 18.5. The predicted molar refractivity (Wildman–Crippen MR) is 83.7 cm³/mol. The molecule has 1 aliphatic heterocycles. The summed E-state index contributed by atoms with van der Waals surface area (Å²) in [5.41, 5.74) is 0.688. The number of hydrogen-bond acceptors (Lipinski definition) is 6. The van der Waals surface area contributed by atoms with Crippen LogP contribution in [0.3, 0.4) is 0 Å². The normalized spacial score (nSPS) is 18.4. The maximum atomic E-state index is 12.2. The average molecular weight is 362 g/mol. The lowest BCUT2D eigenvalue weighted by atomic mass is 10.2. The number of ether oxygens (including phenoxy) is 2. The molecule has 0 saturated carbocycles. The number of morpholine rings is 1. The number of benzene rings is 1. The Kier molecular flexibility index (Phi) is 6.41. The van der Waals surface area contributed by atoms with Gasteiger partial charge in [-0.1, -0.05) is 0 Å². The summed E-state index contributed by atoms with van der Waals surface area (Å²) >= 11 is 0. The summed E-state index contributed by atoms with van der Waals surface area (Å²) in [4.78, 5) is 2.24. The zero-order valence-corrected chi connectivity index (χ0v) is 13.8. The van der Waals surface area contributed by atoms with Crippen molar-refractivity contribution in [3.8, 4) is 11.4 Å². The van der Waals surface area contributed by atoms with Gasteiger partial charge in [-0.3, -0.25) is 4.90 Å². The Bertz CT molecular complexity index is 640. The lowest BCUT2D eigenvalue weighted by Crippen LogP contribution is -2.43. The molecule has 10 heteroatoms. The maximum absolute atomic E-state index is 12.2. The van der Waals surface area contributed by atoms with Gasteiger partial charge >= 0.3 is 6.61 Å². The van der Waals surface area contributed by atoms with Gasteiger partial charge in [0, 0.05) is 12.6 Å². The van der Waals surface area contributed by atoms with Crippen molar-refractivity contribution in [1.29, 1.82) is 0 Å². The summed E-state index contributed by atoms with van der Waals surface area (Å²) in [6.07, 6.45) is 0. The minimum atomic E-state index is -2.84. The fourth-order valence-corrected chi connectivity index (χ4v) is 2.45. The number of alkyl halides is 2. The van der Waals surface area contributed by atoms with Crippen molar-refractivity contribution in [3.63, 3.8) is 0 Å². The van der Waals surface area contributed by atoms with E-state index < -0.39 is 6.61 Å². The Morgan fingerprint density at radius 2 is 2.08 bits per heavy atom. The molecule has 2 heterocycles. The molecule has 0 radical (unpaired) electrons. The number of hydrogen-bond donors (Lipinski definition) is 0. The molecule has 3 rings (SSSR count). The standard InChI is InChI=1S/C14H17F2N5O2.ClH/c1-10-9-22-7-6-20(10)8-13-17-18-19-21(13)11-2-4-12(5-3-11)23-14(15)16;/h2-5,10,14H,6-9H2,1H3;1H/t10-;/m1./s1. The van der Waals surface area contributed by atoms with Crippen LogP contribution < -0.4 is 4.74 Å². The second-order valence-electron chi connectivity index (χ2n) is 5.27. The van der Waals surface area contributed by atoms with Crippen molar-refractivity contribution in [2.24, 2.45) is 0 Å². The Labute approximate surface area is 143 Å². The third-order valence-electron chi connectivity index (χ3n) is 3.69. The van der Waals surface area contributed by atoms with E-state index in [-0.39, 0.29) is 24.2 Å². The van der Waals surface area contributed by atoms with Crippen molar-refractivity contribution in [1.82, 2.24) is 25.1 Å². The molecule has 1 saturated heterocycles. The smallest absolute Gasteiger partial charge is 0.387 e. The SMILES string of the molecule is C[C@@H]1COCCN1Cc1nnnn1-c1ccc(OC(F)F)cc1.Cl. The fraction of sp³-hybridized carbons (Fsp3) is 0.500. The van der Waals surface area contributed by atoms with Crippen LogP contribution in [0, 0.1) is 0 Å². The number of nitrogens with zero attached hydrogens (tertiary/aromatic N) is 5. The van der Waals surface area contributed by atoms with Crippen molar-refractivity contribution in [2.45, 2.75) is 26.1 Å². The lowest BCUT2D eigenvalue weighted by molar-refractivity contribution is -0.0498. The van der Waals surface area contributed by atoms with Crippen molar-refractivity contribution in [3.05, 3.63) is 30.1 Å². The molecule has 0 N–H and O–H groups in total. The highest BCUT2D eigenvalue weighted by Gasteiger charge is 2.21. The van der Waals surface area contributed by atoms with Crippen LogP contribution in [0.5, 0.6) is 5.75 Å². The lowest BCUT2D eigenvalue weighted by Gasteiger charge is -2.32. The van der Waals surface area contributed by atoms with Crippen LogP contribution in [0.15, 0.2) is 24.3 Å². The zero-order chi connectivity index (χ0) is 16.2. The molecule has 0 aliphatic carbocycles. The molecule has 1 aromatic heterocycles. The Morgan fingerprint density at radius 1 is 1.33 bits per heavy atom. The van der Waals surface area contributed by atoms with E-state index >= 15 is 0 Å². The van der Waals surface area contributed by atoms with Gasteiger partial charge in [0.25, 0.3) is 0 Å². The minimum Gasteiger partial charge on any atom is -0.435 e. The van der Waals surface area contributed by atoms with E-state index in [0.29, 0.717) is 31.3 Å². The van der Waals surface area contributed by atoms with Gasteiger partial charge in [-0.25, -0.2) is 0 Å². The van der Waals surface area contributed by atoms with Crippen LogP contribution in [0.2, 0.25) is 0 Å². The zero-order valence-electron chi connectivity index (χ0n) is 13.0. The number of aromatic nitrogens is 4. The largest absolute Gasteiger partial charge is 0.435 e. The third kappa shape index (κ3) is 4.37. The molecule has 2 aromatic rings. The van der Waals surface area contributed by atoms with Gasteiger partial charge in [0.05, 0.1) is 25.4 Å². The van der Waals surface area contributed by atoms with Crippen LogP contribution in [0.1, 0.15) is 12.7 Å². The van der Waals surface area contributed by atoms with Crippen LogP contribution in [-0.2, 0) is 11.3 Å². The van der Waals surface area contributed by atoms with Gasteiger partial charge in [-0.15, -0.1) is 17.5 Å². The average Bonchev–Trinajstić information content (AvgIpc) is 2.98. The minimum absolute atomic E-state index is 0. The molecule has 132 valence electrons. The fourth-order valence-electron chi connectivity index (χ4n) is 2.45. The first-order valence-corrected chi connectivity index (χ1v) is 7.28. The van der Waals surface area contributed by atoms with Crippen molar-refractivity contribution >= 4 is 12.4 Å². The van der Waals surface area contributed by atoms with E-state index in [1.807, 2.05) is 0 Å². The summed E-state index contributed by atoms with van der Waals surface area (Å²) < 4.78 is 35.7. The molecule has 1 fully saturated rings. The summed E-state index contributed by atoms with van der Waals surface area (Å²) in [6.45, 7) is 2.02. The quantitative estimate of drug-likeness (QED) is 0.810. The van der Waals surface area contributed by atoms with Gasteiger partial charge in [-0.05, 0) is 41.6 Å². The highest BCUT2D eigenvalue weighted by atomic mass is 35.5. The third-order valence-corrected chi connectivity index (χ3v) is 3.69. The molecule has 1 atom stereocenters. The van der Waals surface area contributed by atoms with E-state index in [9.17, 15) is 8.78 Å². The molecule has 1 aliphatic rings. The van der Waals surface area contributed by atoms with E-state index in [0.717, 1.165) is 6.54 Å². The summed E-state index contributed by atoms with van der Waals surface area (Å²) in [5, 5.41) is 11.7. The number of rotatable bonds is 5. The molecule has 7 nitrogen and oxygen atoms in total. The van der Waals surface area contributed by atoms with E-state index in [2.05, 4.69) is 32.1 Å². The predicted octanol–water partition coefficient (Wildman–Crippen LogP) is 1.91. The molecule has 1 aromatic carbocycles.